The third-order valence-electron chi connectivity index (χ3n) is 12.0. The van der Waals surface area contributed by atoms with Crippen molar-refractivity contribution in [2.24, 2.45) is 5.73 Å². The molecule has 4 aromatic carbocycles. The quantitative estimate of drug-likeness (QED) is 0.107. The van der Waals surface area contributed by atoms with Crippen LogP contribution in [0.2, 0.25) is 0 Å². The van der Waals surface area contributed by atoms with Gasteiger partial charge in [0.25, 0.3) is 11.5 Å². The standard InChI is InChI=1S/C34H44N4O4.C15H15NO/c1-5-38(29-10-14-41-15-11-29)32-20-28(27-8-6-26(7-9-27)22-37-12-16-42-17-13-37)19-30(25(32)4)33(39)35-21-31-23(2)18-24(3)36-34(31)40;16-15-9-14(15)11-6-4-10(5-7-11)12-2-1-3-13(17)8-12/h6-9,18-20,29H,5,10-17,21-22H2,1-4H3,(H,35,39)(H,36,40);1-8,14-15,17H,9,16H2. The molecule has 310 valence electrons. The molecule has 5 N–H and O–H groups in total. The highest BCUT2D eigenvalue weighted by molar-refractivity contribution is 5.99. The van der Waals surface area contributed by atoms with E-state index in [0.717, 1.165) is 117 Å². The number of hydrogen-bond acceptors (Lipinski definition) is 8. The zero-order valence-corrected chi connectivity index (χ0v) is 34.9. The van der Waals surface area contributed by atoms with Crippen LogP contribution in [0.25, 0.3) is 22.3 Å². The zero-order chi connectivity index (χ0) is 41.5. The largest absolute Gasteiger partial charge is 0.508 e. The number of phenols is 1. The van der Waals surface area contributed by atoms with Gasteiger partial charge >= 0.3 is 0 Å². The van der Waals surface area contributed by atoms with Crippen LogP contribution in [0.15, 0.2) is 95.8 Å². The van der Waals surface area contributed by atoms with Crippen LogP contribution in [-0.4, -0.2) is 79.0 Å². The second-order valence-corrected chi connectivity index (χ2v) is 16.2. The minimum absolute atomic E-state index is 0.159. The molecule has 0 radical (unpaired) electrons. The first-order chi connectivity index (χ1) is 28.6. The maximum absolute atomic E-state index is 13.7. The second kappa shape index (κ2) is 19.2. The first kappa shape index (κ1) is 41.9. The molecule has 1 amide bonds. The molecule has 3 aliphatic rings. The number of rotatable bonds is 11. The van der Waals surface area contributed by atoms with Crippen LogP contribution in [0.3, 0.4) is 0 Å². The summed E-state index contributed by atoms with van der Waals surface area (Å²) in [7, 11) is 0. The number of hydrogen-bond donors (Lipinski definition) is 4. The van der Waals surface area contributed by atoms with Gasteiger partial charge in [0.1, 0.15) is 5.75 Å². The van der Waals surface area contributed by atoms with Crippen molar-refractivity contribution in [1.82, 2.24) is 15.2 Å². The summed E-state index contributed by atoms with van der Waals surface area (Å²) in [6.07, 6.45) is 3.03. The topological polar surface area (TPSA) is 133 Å². The van der Waals surface area contributed by atoms with Crippen LogP contribution >= 0.6 is 0 Å². The molecule has 1 aliphatic carbocycles. The number of aromatic hydroxyl groups is 1. The number of carbonyl (C=O) groups excluding carboxylic acids is 1. The van der Waals surface area contributed by atoms with Gasteiger partial charge in [-0.25, -0.2) is 0 Å². The maximum Gasteiger partial charge on any atom is 0.253 e. The Morgan fingerprint density at radius 2 is 1.53 bits per heavy atom. The fourth-order valence-electron chi connectivity index (χ4n) is 8.41. The Bertz CT molecular complexity index is 2260. The van der Waals surface area contributed by atoms with Crippen molar-refractivity contribution in [2.45, 2.75) is 78.0 Å². The average molecular weight is 798 g/mol. The first-order valence-corrected chi connectivity index (χ1v) is 21.1. The lowest BCUT2D eigenvalue weighted by Crippen LogP contribution is -2.40. The molecule has 0 spiro atoms. The van der Waals surface area contributed by atoms with Crippen molar-refractivity contribution in [3.05, 3.63) is 140 Å². The predicted molar refractivity (Wildman–Crippen MR) is 236 cm³/mol. The van der Waals surface area contributed by atoms with E-state index in [9.17, 15) is 14.7 Å². The van der Waals surface area contributed by atoms with Crippen LogP contribution in [0.1, 0.15) is 76.0 Å². The number of pyridine rings is 1. The van der Waals surface area contributed by atoms with Crippen LogP contribution in [-0.2, 0) is 22.6 Å². The summed E-state index contributed by atoms with van der Waals surface area (Å²) in [5, 5.41) is 12.5. The zero-order valence-electron chi connectivity index (χ0n) is 34.9. The summed E-state index contributed by atoms with van der Waals surface area (Å²) in [6, 6.07) is 31.3. The smallest absolute Gasteiger partial charge is 0.253 e. The highest BCUT2D eigenvalue weighted by atomic mass is 16.5. The molecule has 2 unspecified atom stereocenters. The van der Waals surface area contributed by atoms with Crippen molar-refractivity contribution < 1.29 is 19.4 Å². The van der Waals surface area contributed by atoms with E-state index >= 15 is 0 Å². The molecule has 59 heavy (non-hydrogen) atoms. The molecule has 10 nitrogen and oxygen atoms in total. The lowest BCUT2D eigenvalue weighted by Gasteiger charge is -2.37. The number of H-pyrrole nitrogens is 1. The number of benzene rings is 4. The van der Waals surface area contributed by atoms with E-state index in [2.05, 4.69) is 81.6 Å². The van der Waals surface area contributed by atoms with Gasteiger partial charge in [0.05, 0.1) is 13.2 Å². The molecule has 5 aromatic rings. The Kier molecular flexibility index (Phi) is 13.6. The van der Waals surface area contributed by atoms with Crippen LogP contribution in [0.4, 0.5) is 5.69 Å². The van der Waals surface area contributed by atoms with Crippen molar-refractivity contribution in [3.63, 3.8) is 0 Å². The van der Waals surface area contributed by atoms with E-state index in [-0.39, 0.29) is 18.0 Å². The number of anilines is 1. The van der Waals surface area contributed by atoms with E-state index in [1.54, 1.807) is 12.1 Å². The van der Waals surface area contributed by atoms with E-state index in [4.69, 9.17) is 15.2 Å². The summed E-state index contributed by atoms with van der Waals surface area (Å²) in [4.78, 5) is 34.0. The molecule has 3 fully saturated rings. The number of morpholine rings is 1. The molecule has 3 heterocycles. The number of carbonyl (C=O) groups is 1. The van der Waals surface area contributed by atoms with Gasteiger partial charge in [-0.15, -0.1) is 0 Å². The minimum Gasteiger partial charge on any atom is -0.508 e. The van der Waals surface area contributed by atoms with E-state index in [1.165, 1.54) is 11.1 Å². The number of phenolic OH excluding ortho intramolecular Hbond substituents is 1. The van der Waals surface area contributed by atoms with Crippen LogP contribution in [0.5, 0.6) is 5.75 Å². The third kappa shape index (κ3) is 10.5. The highest BCUT2D eigenvalue weighted by Gasteiger charge is 2.34. The highest BCUT2D eigenvalue weighted by Crippen LogP contribution is 2.39. The van der Waals surface area contributed by atoms with Gasteiger partial charge in [-0.1, -0.05) is 60.7 Å². The van der Waals surface area contributed by atoms with Crippen molar-refractivity contribution >= 4 is 11.6 Å². The van der Waals surface area contributed by atoms with E-state index in [1.807, 2.05) is 45.0 Å². The Balaban J connectivity index is 0.000000257. The van der Waals surface area contributed by atoms with Gasteiger partial charge in [-0.2, -0.15) is 0 Å². The lowest BCUT2D eigenvalue weighted by atomic mass is 9.94. The van der Waals surface area contributed by atoms with Gasteiger partial charge in [0, 0.05) is 86.4 Å². The fraction of sp³-hybridized carbons (Fsp3) is 0.388. The Morgan fingerprint density at radius 3 is 2.17 bits per heavy atom. The Hall–Kier alpha value is -5.26. The van der Waals surface area contributed by atoms with Gasteiger partial charge in [-0.05, 0) is 122 Å². The van der Waals surface area contributed by atoms with Crippen molar-refractivity contribution in [3.8, 4) is 28.0 Å². The monoisotopic (exact) mass is 797 g/mol. The number of nitrogens with two attached hydrogens (primary N) is 1. The minimum atomic E-state index is -0.179. The number of nitrogens with one attached hydrogen (secondary N) is 2. The molecule has 1 aromatic heterocycles. The first-order valence-electron chi connectivity index (χ1n) is 21.1. The van der Waals surface area contributed by atoms with Gasteiger partial charge in [0.2, 0.25) is 0 Å². The summed E-state index contributed by atoms with van der Waals surface area (Å²) in [5.41, 5.74) is 17.4. The Morgan fingerprint density at radius 1 is 0.864 bits per heavy atom. The van der Waals surface area contributed by atoms with Crippen molar-refractivity contribution in [2.75, 3.05) is 51.0 Å². The number of ether oxygens (including phenoxy) is 2. The maximum atomic E-state index is 13.7. The van der Waals surface area contributed by atoms with Crippen LogP contribution < -0.4 is 21.5 Å². The third-order valence-corrected chi connectivity index (χ3v) is 12.0. The number of aromatic nitrogens is 1. The molecule has 0 bridgehead atoms. The van der Waals surface area contributed by atoms with Gasteiger partial charge in [-0.3, -0.25) is 14.5 Å². The van der Waals surface area contributed by atoms with Gasteiger partial charge in [0.15, 0.2) is 0 Å². The SMILES string of the molecule is CCN(c1cc(-c2ccc(CN3CCOCC3)cc2)cc(C(=O)NCc2c(C)cc(C)[nH]c2=O)c1C)C1CCOCC1.NC1CC1c1ccc(-c2cccc(O)c2)cc1. The van der Waals surface area contributed by atoms with Crippen molar-refractivity contribution in [1.29, 1.82) is 0 Å². The number of aromatic amines is 1. The number of nitrogens with zero attached hydrogens (tertiary/aromatic N) is 2. The van der Waals surface area contributed by atoms with E-state index in [0.29, 0.717) is 34.9 Å². The molecular formula is C49H59N5O5. The normalized spacial score (nSPS) is 18.1. The molecular weight excluding hydrogens is 739 g/mol. The Labute approximate surface area is 348 Å². The summed E-state index contributed by atoms with van der Waals surface area (Å²) in [6.45, 7) is 14.9. The average Bonchev–Trinajstić information content (AvgIpc) is 3.98. The molecule has 10 heteroatoms. The fourth-order valence-corrected chi connectivity index (χ4v) is 8.41. The predicted octanol–water partition coefficient (Wildman–Crippen LogP) is 7.61. The molecule has 2 saturated heterocycles. The van der Waals surface area contributed by atoms with Gasteiger partial charge < -0.3 is 35.5 Å². The summed E-state index contributed by atoms with van der Waals surface area (Å²) >= 11 is 0. The summed E-state index contributed by atoms with van der Waals surface area (Å²) in [5.74, 6) is 0.672. The lowest BCUT2D eigenvalue weighted by molar-refractivity contribution is 0.0342. The summed E-state index contributed by atoms with van der Waals surface area (Å²) < 4.78 is 11.1. The van der Waals surface area contributed by atoms with E-state index < -0.39 is 0 Å². The molecule has 8 rings (SSSR count). The molecule has 1 saturated carbocycles. The number of amides is 1. The van der Waals surface area contributed by atoms with Crippen LogP contribution in [0, 0.1) is 20.8 Å². The molecule has 2 atom stereocenters. The number of aryl methyl sites for hydroxylation is 2. The molecule has 2 aliphatic heterocycles. The second-order valence-electron chi connectivity index (χ2n) is 16.2.